The molecular formula is C9H12Cl2N2. The maximum Gasteiger partial charge on any atom is 0.170 e. The molecule has 1 aromatic rings. The zero-order valence-electron chi connectivity index (χ0n) is 7.93. The lowest BCUT2D eigenvalue weighted by atomic mass is 9.90. The Hall–Kier alpha value is -0.340. The van der Waals surface area contributed by atoms with Gasteiger partial charge in [-0.3, -0.25) is 0 Å². The Labute approximate surface area is 88.3 Å². The molecule has 0 N–H and O–H groups in total. The van der Waals surface area contributed by atoms with E-state index < -0.39 is 0 Å². The average Bonchev–Trinajstić information content (AvgIpc) is 1.94. The highest BCUT2D eigenvalue weighted by atomic mass is 35.5. The molecule has 1 heterocycles. The van der Waals surface area contributed by atoms with Gasteiger partial charge in [0.1, 0.15) is 0 Å². The second kappa shape index (κ2) is 3.81. The standard InChI is InChI=1S/C9H12Cl2N2/c1-9(2,3)5-6-4-7(10)8(11)13-12-6/h4H,5H2,1-3H3. The van der Waals surface area contributed by atoms with Crippen molar-refractivity contribution in [1.82, 2.24) is 10.2 Å². The second-order valence-corrected chi connectivity index (χ2v) is 4.98. The zero-order chi connectivity index (χ0) is 10.1. The minimum atomic E-state index is 0.186. The molecule has 0 unspecified atom stereocenters. The Morgan fingerprint density at radius 3 is 2.31 bits per heavy atom. The predicted molar refractivity (Wildman–Crippen MR) is 55.2 cm³/mol. The number of aromatic nitrogens is 2. The lowest BCUT2D eigenvalue weighted by molar-refractivity contribution is 0.404. The maximum atomic E-state index is 5.81. The van der Waals surface area contributed by atoms with Crippen LogP contribution in [0.1, 0.15) is 26.5 Å². The Morgan fingerprint density at radius 1 is 1.23 bits per heavy atom. The van der Waals surface area contributed by atoms with Crippen LogP contribution in [0.3, 0.4) is 0 Å². The summed E-state index contributed by atoms with van der Waals surface area (Å²) in [7, 11) is 0. The molecule has 0 saturated heterocycles. The summed E-state index contributed by atoms with van der Waals surface area (Å²) < 4.78 is 0. The molecule has 0 spiro atoms. The van der Waals surface area contributed by atoms with Gasteiger partial charge < -0.3 is 0 Å². The van der Waals surface area contributed by atoms with Crippen LogP contribution in [0.4, 0.5) is 0 Å². The summed E-state index contributed by atoms with van der Waals surface area (Å²) in [5.74, 6) is 0. The molecule has 0 bridgehead atoms. The third kappa shape index (κ3) is 3.49. The molecule has 0 aliphatic heterocycles. The van der Waals surface area contributed by atoms with E-state index in [2.05, 4.69) is 31.0 Å². The molecule has 0 atom stereocenters. The van der Waals surface area contributed by atoms with E-state index in [0.29, 0.717) is 5.02 Å². The van der Waals surface area contributed by atoms with Gasteiger partial charge in [-0.1, -0.05) is 44.0 Å². The molecule has 0 saturated carbocycles. The fourth-order valence-corrected chi connectivity index (χ4v) is 1.28. The normalized spacial score (nSPS) is 11.8. The Bertz CT molecular complexity index is 305. The number of rotatable bonds is 1. The first kappa shape index (κ1) is 10.7. The van der Waals surface area contributed by atoms with Crippen molar-refractivity contribution in [2.75, 3.05) is 0 Å². The monoisotopic (exact) mass is 218 g/mol. The van der Waals surface area contributed by atoms with Crippen molar-refractivity contribution in [3.63, 3.8) is 0 Å². The van der Waals surface area contributed by atoms with Gasteiger partial charge in [-0.15, -0.1) is 5.10 Å². The molecule has 0 aliphatic rings. The van der Waals surface area contributed by atoms with Crippen LogP contribution in [-0.4, -0.2) is 10.2 Å². The zero-order valence-corrected chi connectivity index (χ0v) is 9.45. The summed E-state index contributed by atoms with van der Waals surface area (Å²) in [6.45, 7) is 6.41. The van der Waals surface area contributed by atoms with E-state index in [0.717, 1.165) is 12.1 Å². The SMILES string of the molecule is CC(C)(C)Cc1cc(Cl)c(Cl)nn1. The third-order valence-electron chi connectivity index (χ3n) is 1.47. The van der Waals surface area contributed by atoms with Crippen LogP contribution < -0.4 is 0 Å². The molecule has 0 aliphatic carbocycles. The molecule has 0 radical (unpaired) electrons. The lowest BCUT2D eigenvalue weighted by Crippen LogP contribution is -2.11. The minimum absolute atomic E-state index is 0.186. The first-order valence-electron chi connectivity index (χ1n) is 4.06. The van der Waals surface area contributed by atoms with E-state index in [1.807, 2.05) is 0 Å². The molecule has 1 aromatic heterocycles. The van der Waals surface area contributed by atoms with Gasteiger partial charge in [-0.2, -0.15) is 5.10 Å². The number of halogens is 2. The molecule has 13 heavy (non-hydrogen) atoms. The minimum Gasteiger partial charge on any atom is -0.154 e. The molecule has 0 amide bonds. The molecule has 0 aromatic carbocycles. The van der Waals surface area contributed by atoms with Gasteiger partial charge in [-0.05, 0) is 17.9 Å². The molecule has 1 rings (SSSR count). The van der Waals surface area contributed by atoms with Crippen LogP contribution in [0, 0.1) is 5.41 Å². The van der Waals surface area contributed by atoms with Crippen molar-refractivity contribution in [2.24, 2.45) is 5.41 Å². The summed E-state index contributed by atoms with van der Waals surface area (Å²) in [4.78, 5) is 0. The van der Waals surface area contributed by atoms with Crippen molar-refractivity contribution in [1.29, 1.82) is 0 Å². The van der Waals surface area contributed by atoms with Crippen molar-refractivity contribution in [2.45, 2.75) is 27.2 Å². The smallest absolute Gasteiger partial charge is 0.154 e. The van der Waals surface area contributed by atoms with Crippen LogP contribution in [0.25, 0.3) is 0 Å². The lowest BCUT2D eigenvalue weighted by Gasteiger charge is -2.16. The quantitative estimate of drug-likeness (QED) is 0.723. The topological polar surface area (TPSA) is 25.8 Å². The van der Waals surface area contributed by atoms with Crippen LogP contribution in [0.2, 0.25) is 10.2 Å². The molecule has 2 nitrogen and oxygen atoms in total. The summed E-state index contributed by atoms with van der Waals surface area (Å²) in [6.07, 6.45) is 0.844. The molecule has 4 heteroatoms. The van der Waals surface area contributed by atoms with E-state index in [9.17, 15) is 0 Å². The van der Waals surface area contributed by atoms with Crippen molar-refractivity contribution in [3.05, 3.63) is 21.9 Å². The maximum absolute atomic E-state index is 5.81. The summed E-state index contributed by atoms with van der Waals surface area (Å²) in [6, 6.07) is 1.77. The van der Waals surface area contributed by atoms with Gasteiger partial charge in [0.25, 0.3) is 0 Å². The second-order valence-electron chi connectivity index (χ2n) is 4.21. The van der Waals surface area contributed by atoms with E-state index in [1.54, 1.807) is 6.07 Å². The van der Waals surface area contributed by atoms with Crippen molar-refractivity contribution >= 4 is 23.2 Å². The first-order valence-corrected chi connectivity index (χ1v) is 4.82. The molecule has 72 valence electrons. The fourth-order valence-electron chi connectivity index (χ4n) is 1.02. The fraction of sp³-hybridized carbons (Fsp3) is 0.556. The van der Waals surface area contributed by atoms with Gasteiger partial charge in [0.15, 0.2) is 5.15 Å². The van der Waals surface area contributed by atoms with Gasteiger partial charge in [0.05, 0.1) is 10.7 Å². The largest absolute Gasteiger partial charge is 0.170 e. The van der Waals surface area contributed by atoms with E-state index in [-0.39, 0.29) is 10.6 Å². The first-order chi connectivity index (χ1) is 5.88. The van der Waals surface area contributed by atoms with Gasteiger partial charge in [-0.25, -0.2) is 0 Å². The summed E-state index contributed by atoms with van der Waals surface area (Å²) >= 11 is 11.5. The van der Waals surface area contributed by atoms with Crippen LogP contribution in [0.5, 0.6) is 0 Å². The van der Waals surface area contributed by atoms with Gasteiger partial charge >= 0.3 is 0 Å². The Kier molecular flexibility index (Phi) is 3.14. The van der Waals surface area contributed by atoms with Gasteiger partial charge in [0, 0.05) is 0 Å². The molecular weight excluding hydrogens is 207 g/mol. The summed E-state index contributed by atoms with van der Waals surface area (Å²) in [5.41, 5.74) is 1.06. The predicted octanol–water partition coefficient (Wildman–Crippen LogP) is 3.37. The Morgan fingerprint density at radius 2 is 1.85 bits per heavy atom. The van der Waals surface area contributed by atoms with Gasteiger partial charge in [0.2, 0.25) is 0 Å². The van der Waals surface area contributed by atoms with Crippen molar-refractivity contribution < 1.29 is 0 Å². The van der Waals surface area contributed by atoms with Crippen LogP contribution in [-0.2, 0) is 6.42 Å². The number of nitrogens with zero attached hydrogens (tertiary/aromatic N) is 2. The van der Waals surface area contributed by atoms with E-state index in [4.69, 9.17) is 23.2 Å². The Balaban J connectivity index is 2.86. The highest BCUT2D eigenvalue weighted by Crippen LogP contribution is 2.23. The highest BCUT2D eigenvalue weighted by molar-refractivity contribution is 6.41. The van der Waals surface area contributed by atoms with Crippen LogP contribution in [0.15, 0.2) is 6.07 Å². The van der Waals surface area contributed by atoms with E-state index >= 15 is 0 Å². The van der Waals surface area contributed by atoms with E-state index in [1.165, 1.54) is 0 Å². The van der Waals surface area contributed by atoms with Crippen molar-refractivity contribution in [3.8, 4) is 0 Å². The number of hydrogen-bond acceptors (Lipinski definition) is 2. The summed E-state index contributed by atoms with van der Waals surface area (Å²) in [5, 5.41) is 8.44. The third-order valence-corrected chi connectivity index (χ3v) is 2.13. The van der Waals surface area contributed by atoms with Crippen LogP contribution >= 0.6 is 23.2 Å². The number of hydrogen-bond donors (Lipinski definition) is 0. The molecule has 0 fully saturated rings. The highest BCUT2D eigenvalue weighted by Gasteiger charge is 2.13. The average molecular weight is 219 g/mol.